The van der Waals surface area contributed by atoms with Crippen LogP contribution in [0.25, 0.3) is 32.6 Å². The van der Waals surface area contributed by atoms with Crippen LogP contribution < -0.4 is 15.4 Å². The number of pyridine rings is 1. The predicted octanol–water partition coefficient (Wildman–Crippen LogP) is 5.91. The molecule has 2 aromatic carbocycles. The summed E-state index contributed by atoms with van der Waals surface area (Å²) >= 11 is 0. The molecule has 5 nitrogen and oxygen atoms in total. The maximum absolute atomic E-state index is 5.48. The van der Waals surface area contributed by atoms with Crippen LogP contribution in [0.5, 0.6) is 5.75 Å². The van der Waals surface area contributed by atoms with Crippen LogP contribution in [-0.2, 0) is 0 Å². The minimum atomic E-state index is 0.0839. The molecule has 162 valence electrons. The third-order valence-corrected chi connectivity index (χ3v) is 6.63. The molecule has 0 spiro atoms. The van der Waals surface area contributed by atoms with Gasteiger partial charge in [-0.15, -0.1) is 0 Å². The second-order valence-electron chi connectivity index (χ2n) is 10.4. The zero-order valence-corrected chi connectivity index (χ0v) is 19.3. The van der Waals surface area contributed by atoms with Crippen LogP contribution in [0.1, 0.15) is 46.1 Å². The van der Waals surface area contributed by atoms with Gasteiger partial charge in [0.2, 0.25) is 0 Å². The number of nitrogens with zero attached hydrogens (tertiary/aromatic N) is 1. The van der Waals surface area contributed by atoms with Gasteiger partial charge in [0.05, 0.1) is 12.6 Å². The second-order valence-corrected chi connectivity index (χ2v) is 10.4. The van der Waals surface area contributed by atoms with Crippen molar-refractivity contribution in [2.24, 2.45) is 0 Å². The number of ether oxygens (including phenoxy) is 1. The molecule has 1 aliphatic heterocycles. The number of piperidine rings is 1. The molecule has 5 heteroatoms. The summed E-state index contributed by atoms with van der Waals surface area (Å²) in [4.78, 5) is 8.38. The van der Waals surface area contributed by atoms with E-state index < -0.39 is 0 Å². The van der Waals surface area contributed by atoms with Crippen molar-refractivity contribution in [1.82, 2.24) is 15.3 Å². The van der Waals surface area contributed by atoms with E-state index in [0.29, 0.717) is 6.04 Å². The minimum Gasteiger partial charge on any atom is -0.497 e. The van der Waals surface area contributed by atoms with Crippen LogP contribution in [0.3, 0.4) is 0 Å². The largest absolute Gasteiger partial charge is 0.497 e. The summed E-state index contributed by atoms with van der Waals surface area (Å²) in [7, 11) is 1.71. The molecule has 0 atom stereocenters. The first-order valence-corrected chi connectivity index (χ1v) is 11.1. The summed E-state index contributed by atoms with van der Waals surface area (Å²) in [5, 5.41) is 12.4. The summed E-state index contributed by atoms with van der Waals surface area (Å²) in [5.41, 5.74) is 3.72. The van der Waals surface area contributed by atoms with E-state index in [9.17, 15) is 0 Å². The van der Waals surface area contributed by atoms with E-state index in [1.807, 2.05) is 12.3 Å². The third kappa shape index (κ3) is 3.51. The molecule has 0 unspecified atom stereocenters. The summed E-state index contributed by atoms with van der Waals surface area (Å²) in [6.07, 6.45) is 4.03. The molecule has 2 aromatic heterocycles. The number of methoxy groups -OCH3 is 1. The number of aromatic nitrogens is 2. The van der Waals surface area contributed by atoms with Crippen molar-refractivity contribution in [1.29, 1.82) is 0 Å². The molecular formula is C26H32N4O. The topological polar surface area (TPSA) is 62.0 Å². The molecular weight excluding hydrogens is 384 g/mol. The van der Waals surface area contributed by atoms with Crippen LogP contribution >= 0.6 is 0 Å². The summed E-state index contributed by atoms with van der Waals surface area (Å²) < 4.78 is 5.48. The van der Waals surface area contributed by atoms with Crippen molar-refractivity contribution in [3.63, 3.8) is 0 Å². The number of rotatable bonds is 3. The first-order chi connectivity index (χ1) is 14.7. The van der Waals surface area contributed by atoms with Gasteiger partial charge in [0.25, 0.3) is 0 Å². The standard InChI is InChI=1S/C26H32N4O/c1-15-18-9-10-27-24(28-16-13-25(2,3)30-26(4,5)14-16)21(18)12-20-19-11-17(31-6)7-8-22(19)29-23(15)20/h7-12,16,29-30H,13-14H2,1-6H3,(H,27,28). The van der Waals surface area contributed by atoms with E-state index in [-0.39, 0.29) is 11.1 Å². The van der Waals surface area contributed by atoms with Gasteiger partial charge in [-0.3, -0.25) is 0 Å². The highest BCUT2D eigenvalue weighted by atomic mass is 16.5. The Kier molecular flexibility index (Phi) is 4.45. The second kappa shape index (κ2) is 6.86. The van der Waals surface area contributed by atoms with Gasteiger partial charge in [-0.25, -0.2) is 4.98 Å². The number of anilines is 1. The lowest BCUT2D eigenvalue weighted by Gasteiger charge is -2.46. The first-order valence-electron chi connectivity index (χ1n) is 11.1. The Hall–Kier alpha value is -2.79. The Morgan fingerprint density at radius 3 is 2.42 bits per heavy atom. The molecule has 4 aromatic rings. The lowest BCUT2D eigenvalue weighted by atomic mass is 9.79. The quantitative estimate of drug-likeness (QED) is 0.389. The SMILES string of the molecule is COc1ccc2[nH]c3c(C)c4ccnc(NC5CC(C)(C)NC(C)(C)C5)c4cc3c2c1. The highest BCUT2D eigenvalue weighted by molar-refractivity contribution is 6.15. The highest BCUT2D eigenvalue weighted by Crippen LogP contribution is 2.37. The molecule has 3 heterocycles. The van der Waals surface area contributed by atoms with Gasteiger partial charge in [-0.05, 0) is 88.7 Å². The molecule has 0 amide bonds. The molecule has 0 radical (unpaired) electrons. The first kappa shape index (κ1) is 20.1. The van der Waals surface area contributed by atoms with Gasteiger partial charge in [0.15, 0.2) is 0 Å². The number of hydrogen-bond acceptors (Lipinski definition) is 4. The van der Waals surface area contributed by atoms with Gasteiger partial charge in [-0.2, -0.15) is 0 Å². The van der Waals surface area contributed by atoms with Crippen molar-refractivity contribution in [3.8, 4) is 5.75 Å². The van der Waals surface area contributed by atoms with Crippen molar-refractivity contribution in [3.05, 3.63) is 42.1 Å². The Bertz CT molecular complexity index is 1290. The van der Waals surface area contributed by atoms with E-state index in [0.717, 1.165) is 29.9 Å². The summed E-state index contributed by atoms with van der Waals surface area (Å²) in [5.74, 6) is 1.84. The molecule has 0 aliphatic carbocycles. The maximum Gasteiger partial charge on any atom is 0.134 e. The molecule has 0 saturated carbocycles. The van der Waals surface area contributed by atoms with Crippen LogP contribution in [0.4, 0.5) is 5.82 Å². The zero-order valence-electron chi connectivity index (χ0n) is 19.3. The van der Waals surface area contributed by atoms with Crippen LogP contribution in [0.2, 0.25) is 0 Å². The fourth-order valence-electron chi connectivity index (χ4n) is 5.72. The molecule has 1 fully saturated rings. The number of aromatic amines is 1. The molecule has 5 rings (SSSR count). The number of fused-ring (bicyclic) bond motifs is 4. The van der Waals surface area contributed by atoms with Crippen molar-refractivity contribution >= 4 is 38.4 Å². The molecule has 1 aliphatic rings. The Labute approximate surface area is 183 Å². The smallest absolute Gasteiger partial charge is 0.134 e. The lowest BCUT2D eigenvalue weighted by molar-refractivity contribution is 0.170. The van der Waals surface area contributed by atoms with Gasteiger partial charge in [0, 0.05) is 45.0 Å². The van der Waals surface area contributed by atoms with E-state index in [4.69, 9.17) is 9.72 Å². The fourth-order valence-corrected chi connectivity index (χ4v) is 5.72. The van der Waals surface area contributed by atoms with Crippen LogP contribution in [-0.4, -0.2) is 34.2 Å². The number of aryl methyl sites for hydroxylation is 1. The number of hydrogen-bond donors (Lipinski definition) is 3. The van der Waals surface area contributed by atoms with Crippen LogP contribution in [0.15, 0.2) is 36.5 Å². The lowest BCUT2D eigenvalue weighted by Crippen LogP contribution is -2.60. The third-order valence-electron chi connectivity index (χ3n) is 6.63. The Morgan fingerprint density at radius 2 is 1.71 bits per heavy atom. The summed E-state index contributed by atoms with van der Waals surface area (Å²) in [6.45, 7) is 11.3. The minimum absolute atomic E-state index is 0.0839. The van der Waals surface area contributed by atoms with Crippen molar-refractivity contribution in [2.75, 3.05) is 12.4 Å². The summed E-state index contributed by atoms with van der Waals surface area (Å²) in [6, 6.07) is 11.0. The fraction of sp³-hybridized carbons (Fsp3) is 0.423. The van der Waals surface area contributed by atoms with E-state index in [2.05, 4.69) is 74.5 Å². The molecule has 3 N–H and O–H groups in total. The number of nitrogens with one attached hydrogen (secondary N) is 3. The Balaban J connectivity index is 1.65. The zero-order chi connectivity index (χ0) is 22.0. The maximum atomic E-state index is 5.48. The molecule has 1 saturated heterocycles. The average Bonchev–Trinajstić information content (AvgIpc) is 3.04. The Morgan fingerprint density at radius 1 is 0.968 bits per heavy atom. The van der Waals surface area contributed by atoms with Gasteiger partial charge >= 0.3 is 0 Å². The molecule has 31 heavy (non-hydrogen) atoms. The monoisotopic (exact) mass is 416 g/mol. The van der Waals surface area contributed by atoms with Gasteiger partial charge in [-0.1, -0.05) is 0 Å². The molecule has 0 bridgehead atoms. The van der Waals surface area contributed by atoms with E-state index in [1.54, 1.807) is 7.11 Å². The normalized spacial score (nSPS) is 18.6. The van der Waals surface area contributed by atoms with E-state index >= 15 is 0 Å². The number of benzene rings is 2. The predicted molar refractivity (Wildman–Crippen MR) is 130 cm³/mol. The van der Waals surface area contributed by atoms with Gasteiger partial charge < -0.3 is 20.4 Å². The average molecular weight is 417 g/mol. The highest BCUT2D eigenvalue weighted by Gasteiger charge is 2.37. The van der Waals surface area contributed by atoms with Crippen molar-refractivity contribution < 1.29 is 4.74 Å². The number of H-pyrrole nitrogens is 1. The van der Waals surface area contributed by atoms with Gasteiger partial charge in [0.1, 0.15) is 11.6 Å². The van der Waals surface area contributed by atoms with Crippen molar-refractivity contribution in [2.45, 2.75) is 64.6 Å². The van der Waals surface area contributed by atoms with Crippen LogP contribution in [0, 0.1) is 6.92 Å². The van der Waals surface area contributed by atoms with E-state index in [1.165, 1.54) is 32.6 Å².